The Morgan fingerprint density at radius 3 is 2.11 bits per heavy atom. The zero-order chi connectivity index (χ0) is 7.07. The average molecular weight is 122 g/mol. The maximum atomic E-state index is 2.26. The summed E-state index contributed by atoms with van der Waals surface area (Å²) in [6.07, 6.45) is 4.44. The highest BCUT2D eigenvalue weighted by molar-refractivity contribution is 5.46. The van der Waals surface area contributed by atoms with Gasteiger partial charge in [-0.25, -0.2) is 0 Å². The highest BCUT2D eigenvalue weighted by atomic mass is 14.3. The molecule has 0 aromatic carbocycles. The molecule has 0 fully saturated rings. The first-order valence-corrected chi connectivity index (χ1v) is 3.44. The van der Waals surface area contributed by atoms with Crippen LogP contribution in [0.15, 0.2) is 23.3 Å². The zero-order valence-electron chi connectivity index (χ0n) is 6.65. The molecule has 9 heavy (non-hydrogen) atoms. The van der Waals surface area contributed by atoms with E-state index in [0.29, 0.717) is 5.41 Å². The molecule has 0 heterocycles. The van der Waals surface area contributed by atoms with E-state index in [4.69, 9.17) is 0 Å². The fraction of sp³-hybridized carbons (Fsp3) is 0.556. The molecule has 0 spiro atoms. The third-order valence-electron chi connectivity index (χ3n) is 2.39. The number of hydrogen-bond donors (Lipinski definition) is 0. The molecular formula is C9H14. The minimum atomic E-state index is 0.370. The van der Waals surface area contributed by atoms with Crippen molar-refractivity contribution in [2.75, 3.05) is 0 Å². The lowest BCUT2D eigenvalue weighted by Crippen LogP contribution is -2.23. The van der Waals surface area contributed by atoms with Crippen LogP contribution in [0.3, 0.4) is 0 Å². The largest absolute Gasteiger partial charge is 0.0836 e. The molecule has 1 rings (SSSR count). The van der Waals surface area contributed by atoms with Crippen molar-refractivity contribution in [1.29, 1.82) is 0 Å². The molecule has 0 heteroatoms. The highest BCUT2D eigenvalue weighted by Crippen LogP contribution is 2.44. The Hall–Kier alpha value is -0.520. The lowest BCUT2D eigenvalue weighted by molar-refractivity contribution is 0.509. The van der Waals surface area contributed by atoms with Crippen LogP contribution < -0.4 is 0 Å². The Labute approximate surface area is 57.3 Å². The standard InChI is InChI=1S/C9H14/c1-5-8-6-7(2)9(8,3)4/h5-6H,1-4H3. The zero-order valence-corrected chi connectivity index (χ0v) is 6.65. The minimum absolute atomic E-state index is 0.370. The van der Waals surface area contributed by atoms with E-state index in [2.05, 4.69) is 39.8 Å². The van der Waals surface area contributed by atoms with Gasteiger partial charge in [0.1, 0.15) is 0 Å². The van der Waals surface area contributed by atoms with Crippen LogP contribution in [0.25, 0.3) is 0 Å². The van der Waals surface area contributed by atoms with Crippen LogP contribution in [0.4, 0.5) is 0 Å². The second-order valence-corrected chi connectivity index (χ2v) is 3.20. The Kier molecular flexibility index (Phi) is 1.27. The maximum Gasteiger partial charge on any atom is 0.0102 e. The maximum absolute atomic E-state index is 2.26. The van der Waals surface area contributed by atoms with Gasteiger partial charge in [-0.1, -0.05) is 31.6 Å². The normalized spacial score (nSPS) is 27.6. The van der Waals surface area contributed by atoms with Gasteiger partial charge in [0, 0.05) is 5.41 Å². The fourth-order valence-corrected chi connectivity index (χ4v) is 1.19. The average Bonchev–Trinajstić information content (AvgIpc) is 1.82. The van der Waals surface area contributed by atoms with Crippen molar-refractivity contribution < 1.29 is 0 Å². The number of hydrogen-bond acceptors (Lipinski definition) is 0. The van der Waals surface area contributed by atoms with E-state index in [1.165, 1.54) is 11.1 Å². The lowest BCUT2D eigenvalue weighted by Gasteiger charge is -2.36. The van der Waals surface area contributed by atoms with Crippen LogP contribution in [0.5, 0.6) is 0 Å². The number of rotatable bonds is 0. The van der Waals surface area contributed by atoms with E-state index in [9.17, 15) is 0 Å². The third-order valence-corrected chi connectivity index (χ3v) is 2.39. The molecule has 0 saturated carbocycles. The first-order valence-electron chi connectivity index (χ1n) is 3.44. The van der Waals surface area contributed by atoms with Gasteiger partial charge in [-0.2, -0.15) is 0 Å². The Morgan fingerprint density at radius 2 is 2.00 bits per heavy atom. The van der Waals surface area contributed by atoms with Gasteiger partial charge in [0.15, 0.2) is 0 Å². The molecule has 0 amide bonds. The first-order chi connectivity index (χ1) is 4.09. The van der Waals surface area contributed by atoms with E-state index >= 15 is 0 Å². The molecule has 0 bridgehead atoms. The summed E-state index contributed by atoms with van der Waals surface area (Å²) in [5.41, 5.74) is 3.34. The molecule has 0 aliphatic heterocycles. The van der Waals surface area contributed by atoms with Gasteiger partial charge in [0.05, 0.1) is 0 Å². The van der Waals surface area contributed by atoms with Crippen LogP contribution in [0.2, 0.25) is 0 Å². The molecule has 0 N–H and O–H groups in total. The molecular weight excluding hydrogens is 108 g/mol. The van der Waals surface area contributed by atoms with Crippen LogP contribution in [-0.4, -0.2) is 0 Å². The van der Waals surface area contributed by atoms with Crippen molar-refractivity contribution in [3.05, 3.63) is 23.3 Å². The molecule has 0 aromatic rings. The predicted octanol–water partition coefficient (Wildman–Crippen LogP) is 2.92. The molecule has 0 aromatic heterocycles. The van der Waals surface area contributed by atoms with Crippen LogP contribution in [0, 0.1) is 5.41 Å². The Bertz CT molecular complexity index is 180. The SMILES string of the molecule is CC=C1C=C(C)C1(C)C. The van der Waals surface area contributed by atoms with Crippen LogP contribution in [-0.2, 0) is 0 Å². The predicted molar refractivity (Wildman–Crippen MR) is 41.3 cm³/mol. The smallest absolute Gasteiger partial charge is 0.0102 e. The van der Waals surface area contributed by atoms with E-state index in [1.807, 2.05) is 0 Å². The topological polar surface area (TPSA) is 0 Å². The molecule has 0 atom stereocenters. The van der Waals surface area contributed by atoms with Gasteiger partial charge in [0.25, 0.3) is 0 Å². The summed E-state index contributed by atoms with van der Waals surface area (Å²) in [5, 5.41) is 0. The molecule has 1 aliphatic carbocycles. The monoisotopic (exact) mass is 122 g/mol. The van der Waals surface area contributed by atoms with Crippen molar-refractivity contribution >= 4 is 0 Å². The Morgan fingerprint density at radius 1 is 1.44 bits per heavy atom. The molecule has 0 radical (unpaired) electrons. The van der Waals surface area contributed by atoms with Crippen molar-refractivity contribution in [2.45, 2.75) is 27.7 Å². The summed E-state index contributed by atoms with van der Waals surface area (Å²) in [5.74, 6) is 0. The summed E-state index contributed by atoms with van der Waals surface area (Å²) in [6, 6.07) is 0. The van der Waals surface area contributed by atoms with Crippen molar-refractivity contribution in [2.24, 2.45) is 5.41 Å². The summed E-state index contributed by atoms with van der Waals surface area (Å²) in [4.78, 5) is 0. The molecule has 1 aliphatic rings. The fourth-order valence-electron chi connectivity index (χ4n) is 1.19. The van der Waals surface area contributed by atoms with E-state index in [-0.39, 0.29) is 0 Å². The van der Waals surface area contributed by atoms with Gasteiger partial charge in [0.2, 0.25) is 0 Å². The molecule has 0 saturated heterocycles. The van der Waals surface area contributed by atoms with Gasteiger partial charge in [-0.05, 0) is 19.4 Å². The highest BCUT2D eigenvalue weighted by Gasteiger charge is 2.30. The van der Waals surface area contributed by atoms with Crippen molar-refractivity contribution in [3.8, 4) is 0 Å². The number of allylic oxidation sites excluding steroid dienone is 4. The summed E-state index contributed by atoms with van der Waals surface area (Å²) >= 11 is 0. The van der Waals surface area contributed by atoms with Crippen LogP contribution >= 0.6 is 0 Å². The second-order valence-electron chi connectivity index (χ2n) is 3.20. The summed E-state index contributed by atoms with van der Waals surface area (Å²) < 4.78 is 0. The molecule has 0 nitrogen and oxygen atoms in total. The molecule has 0 unspecified atom stereocenters. The van der Waals surface area contributed by atoms with Gasteiger partial charge >= 0.3 is 0 Å². The summed E-state index contributed by atoms with van der Waals surface area (Å²) in [6.45, 7) is 8.81. The van der Waals surface area contributed by atoms with Crippen molar-refractivity contribution in [1.82, 2.24) is 0 Å². The lowest BCUT2D eigenvalue weighted by atomic mass is 9.68. The quantitative estimate of drug-likeness (QED) is 0.463. The van der Waals surface area contributed by atoms with Gasteiger partial charge in [-0.15, -0.1) is 0 Å². The van der Waals surface area contributed by atoms with Crippen molar-refractivity contribution in [3.63, 3.8) is 0 Å². The van der Waals surface area contributed by atoms with Gasteiger partial charge in [-0.3, -0.25) is 0 Å². The van der Waals surface area contributed by atoms with E-state index in [0.717, 1.165) is 0 Å². The summed E-state index contributed by atoms with van der Waals surface area (Å²) in [7, 11) is 0. The van der Waals surface area contributed by atoms with E-state index in [1.54, 1.807) is 0 Å². The minimum Gasteiger partial charge on any atom is -0.0836 e. The third kappa shape index (κ3) is 0.735. The first kappa shape index (κ1) is 6.60. The molecule has 50 valence electrons. The van der Waals surface area contributed by atoms with Gasteiger partial charge < -0.3 is 0 Å². The van der Waals surface area contributed by atoms with Crippen LogP contribution in [0.1, 0.15) is 27.7 Å². The van der Waals surface area contributed by atoms with E-state index < -0.39 is 0 Å². The second kappa shape index (κ2) is 1.73. The Balaban J connectivity index is 2.94.